The van der Waals surface area contributed by atoms with E-state index < -0.39 is 0 Å². The summed E-state index contributed by atoms with van der Waals surface area (Å²) in [5.74, 6) is 2.12. The van der Waals surface area contributed by atoms with Crippen molar-refractivity contribution < 1.29 is 4.74 Å². The summed E-state index contributed by atoms with van der Waals surface area (Å²) in [5.41, 5.74) is 1.35. The van der Waals surface area contributed by atoms with Gasteiger partial charge in [0.2, 0.25) is 0 Å². The van der Waals surface area contributed by atoms with Gasteiger partial charge in [-0.05, 0) is 43.3 Å². The Morgan fingerprint density at radius 1 is 1.35 bits per heavy atom. The summed E-state index contributed by atoms with van der Waals surface area (Å²) in [7, 11) is 0. The average Bonchev–Trinajstić information content (AvgIpc) is 3.14. The van der Waals surface area contributed by atoms with E-state index in [-0.39, 0.29) is 0 Å². The molecule has 1 aromatic carbocycles. The maximum absolute atomic E-state index is 5.75. The fourth-order valence-corrected chi connectivity index (χ4v) is 2.49. The van der Waals surface area contributed by atoms with Crippen molar-refractivity contribution in [2.24, 2.45) is 0 Å². The fourth-order valence-electron chi connectivity index (χ4n) is 1.84. The summed E-state index contributed by atoms with van der Waals surface area (Å²) < 4.78 is 5.75. The van der Waals surface area contributed by atoms with Gasteiger partial charge in [-0.25, -0.2) is 0 Å². The highest BCUT2D eigenvalue weighted by Gasteiger charge is 2.23. The van der Waals surface area contributed by atoms with E-state index in [1.54, 1.807) is 0 Å². The van der Waals surface area contributed by atoms with E-state index >= 15 is 0 Å². The van der Waals surface area contributed by atoms with Gasteiger partial charge in [-0.1, -0.05) is 19.1 Å². The van der Waals surface area contributed by atoms with E-state index in [0.29, 0.717) is 12.1 Å². The first-order chi connectivity index (χ1) is 8.33. The van der Waals surface area contributed by atoms with E-state index in [4.69, 9.17) is 4.74 Å². The molecule has 1 fully saturated rings. The molecule has 17 heavy (non-hydrogen) atoms. The first-order valence-corrected chi connectivity index (χ1v) is 7.71. The Hall–Kier alpha value is -0.670. The van der Waals surface area contributed by atoms with Gasteiger partial charge in [-0.2, -0.15) is 11.8 Å². The molecule has 1 aliphatic rings. The number of thioether (sulfide) groups is 1. The van der Waals surface area contributed by atoms with Crippen LogP contribution in [0.4, 0.5) is 0 Å². The minimum Gasteiger partial charge on any atom is -0.490 e. The van der Waals surface area contributed by atoms with Gasteiger partial charge >= 0.3 is 0 Å². The molecule has 3 heteroatoms. The molecule has 0 heterocycles. The van der Waals surface area contributed by atoms with E-state index in [1.165, 1.54) is 18.4 Å². The van der Waals surface area contributed by atoms with Gasteiger partial charge in [0.05, 0.1) is 6.10 Å². The quantitative estimate of drug-likeness (QED) is 0.804. The molecule has 2 nitrogen and oxygen atoms in total. The minimum atomic E-state index is 0.449. The van der Waals surface area contributed by atoms with Crippen LogP contribution in [0.2, 0.25) is 0 Å². The molecule has 1 N–H and O–H groups in total. The maximum Gasteiger partial charge on any atom is 0.119 e. The van der Waals surface area contributed by atoms with Crippen LogP contribution >= 0.6 is 11.8 Å². The van der Waals surface area contributed by atoms with Crippen LogP contribution in [0.15, 0.2) is 24.3 Å². The normalized spacial score (nSPS) is 16.8. The molecule has 2 rings (SSSR count). The third-order valence-electron chi connectivity index (χ3n) is 2.89. The summed E-state index contributed by atoms with van der Waals surface area (Å²) in [5, 5.41) is 3.51. The van der Waals surface area contributed by atoms with Gasteiger partial charge in [0.15, 0.2) is 0 Å². The Labute approximate surface area is 108 Å². The van der Waals surface area contributed by atoms with Crippen molar-refractivity contribution in [1.82, 2.24) is 5.32 Å². The van der Waals surface area contributed by atoms with Crippen LogP contribution in [-0.4, -0.2) is 24.7 Å². The van der Waals surface area contributed by atoms with Crippen LogP contribution in [0, 0.1) is 0 Å². The molecule has 94 valence electrons. The predicted octanol–water partition coefficient (Wildman–Crippen LogP) is 3.24. The molecule has 0 saturated heterocycles. The molecule has 0 spiro atoms. The smallest absolute Gasteiger partial charge is 0.119 e. The Balaban J connectivity index is 1.97. The first kappa shape index (κ1) is 12.8. The van der Waals surface area contributed by atoms with Gasteiger partial charge in [-0.3, -0.25) is 0 Å². The Morgan fingerprint density at radius 3 is 2.59 bits per heavy atom. The van der Waals surface area contributed by atoms with Gasteiger partial charge < -0.3 is 10.1 Å². The summed E-state index contributed by atoms with van der Waals surface area (Å²) in [4.78, 5) is 0. The molecule has 0 bridgehead atoms. The predicted molar refractivity (Wildman–Crippen MR) is 74.9 cm³/mol. The van der Waals surface area contributed by atoms with Crippen molar-refractivity contribution in [2.45, 2.75) is 31.9 Å². The van der Waals surface area contributed by atoms with E-state index in [1.807, 2.05) is 11.8 Å². The van der Waals surface area contributed by atoms with E-state index in [2.05, 4.69) is 42.8 Å². The largest absolute Gasteiger partial charge is 0.490 e. The topological polar surface area (TPSA) is 21.3 Å². The highest BCUT2D eigenvalue weighted by atomic mass is 32.2. The fraction of sp³-hybridized carbons (Fsp3) is 0.571. The van der Waals surface area contributed by atoms with Gasteiger partial charge in [-0.15, -0.1) is 0 Å². The number of hydrogen-bond donors (Lipinski definition) is 1. The molecule has 0 aliphatic heterocycles. The number of rotatable bonds is 7. The van der Waals surface area contributed by atoms with Crippen LogP contribution in [0.5, 0.6) is 5.75 Å². The molecule has 0 radical (unpaired) electrons. The van der Waals surface area contributed by atoms with Gasteiger partial charge in [0.25, 0.3) is 0 Å². The standard InChI is InChI=1S/C14H21NOS/c1-3-15-14(10-17-2)11-4-6-12(7-5-11)16-13-8-9-13/h4-7,13-15H,3,8-10H2,1-2H3. The second kappa shape index (κ2) is 6.31. The highest BCUT2D eigenvalue weighted by molar-refractivity contribution is 7.98. The molecule has 1 aromatic rings. The second-order valence-corrected chi connectivity index (χ2v) is 5.36. The van der Waals surface area contributed by atoms with Crippen molar-refractivity contribution >= 4 is 11.8 Å². The summed E-state index contributed by atoms with van der Waals surface area (Å²) in [6, 6.07) is 9.00. The zero-order chi connectivity index (χ0) is 12.1. The monoisotopic (exact) mass is 251 g/mol. The van der Waals surface area contributed by atoms with Crippen LogP contribution in [-0.2, 0) is 0 Å². The summed E-state index contributed by atoms with van der Waals surface area (Å²) >= 11 is 1.88. The lowest BCUT2D eigenvalue weighted by Gasteiger charge is -2.17. The van der Waals surface area contributed by atoms with E-state index in [9.17, 15) is 0 Å². The van der Waals surface area contributed by atoms with Crippen molar-refractivity contribution in [3.05, 3.63) is 29.8 Å². The zero-order valence-corrected chi connectivity index (χ0v) is 11.4. The number of nitrogens with one attached hydrogen (secondary N) is 1. The van der Waals surface area contributed by atoms with Gasteiger partial charge in [0, 0.05) is 11.8 Å². The molecule has 0 amide bonds. The molecule has 1 aliphatic carbocycles. The average molecular weight is 251 g/mol. The molecule has 1 saturated carbocycles. The molecular formula is C14H21NOS. The van der Waals surface area contributed by atoms with Crippen LogP contribution in [0.3, 0.4) is 0 Å². The maximum atomic E-state index is 5.75. The van der Waals surface area contributed by atoms with Crippen molar-refractivity contribution in [3.63, 3.8) is 0 Å². The summed E-state index contributed by atoms with van der Waals surface area (Å²) in [6.07, 6.45) is 5.06. The molecular weight excluding hydrogens is 230 g/mol. The first-order valence-electron chi connectivity index (χ1n) is 6.32. The Kier molecular flexibility index (Phi) is 4.75. The lowest BCUT2D eigenvalue weighted by Crippen LogP contribution is -2.22. The van der Waals surface area contributed by atoms with Crippen LogP contribution in [0.1, 0.15) is 31.4 Å². The minimum absolute atomic E-state index is 0.449. The number of hydrogen-bond acceptors (Lipinski definition) is 3. The van der Waals surface area contributed by atoms with Crippen LogP contribution < -0.4 is 10.1 Å². The number of benzene rings is 1. The molecule has 0 aromatic heterocycles. The van der Waals surface area contributed by atoms with Crippen molar-refractivity contribution in [1.29, 1.82) is 0 Å². The third-order valence-corrected chi connectivity index (χ3v) is 3.56. The Morgan fingerprint density at radius 2 is 2.06 bits per heavy atom. The van der Waals surface area contributed by atoms with Crippen molar-refractivity contribution in [3.8, 4) is 5.75 Å². The lowest BCUT2D eigenvalue weighted by atomic mass is 10.1. The van der Waals surface area contributed by atoms with Crippen molar-refractivity contribution in [2.75, 3.05) is 18.6 Å². The lowest BCUT2D eigenvalue weighted by molar-refractivity contribution is 0.303. The third kappa shape index (κ3) is 3.93. The second-order valence-electron chi connectivity index (χ2n) is 4.45. The van der Waals surface area contributed by atoms with Crippen LogP contribution in [0.25, 0.3) is 0 Å². The Bertz CT molecular complexity index is 329. The van der Waals surface area contributed by atoms with Gasteiger partial charge in [0.1, 0.15) is 5.75 Å². The zero-order valence-electron chi connectivity index (χ0n) is 10.6. The SMILES string of the molecule is CCNC(CSC)c1ccc(OC2CC2)cc1. The molecule has 1 atom stereocenters. The van der Waals surface area contributed by atoms with E-state index in [0.717, 1.165) is 18.0 Å². The molecule has 1 unspecified atom stereocenters. The summed E-state index contributed by atoms with van der Waals surface area (Å²) in [6.45, 7) is 3.16. The highest BCUT2D eigenvalue weighted by Crippen LogP contribution is 2.27. The number of ether oxygens (including phenoxy) is 1.